The minimum atomic E-state index is -1.02. The second-order valence-corrected chi connectivity index (χ2v) is 9.89. The minimum Gasteiger partial charge on any atom is -0.478 e. The highest BCUT2D eigenvalue weighted by molar-refractivity contribution is 7.14. The first-order valence-electron chi connectivity index (χ1n) is 11.0. The van der Waals surface area contributed by atoms with Gasteiger partial charge in [0.1, 0.15) is 21.5 Å². The Labute approximate surface area is 197 Å². The van der Waals surface area contributed by atoms with Crippen molar-refractivity contribution < 1.29 is 19.4 Å². The maximum atomic E-state index is 12.3. The fourth-order valence-corrected chi connectivity index (χ4v) is 4.74. The number of carboxylic acids is 1. The Bertz CT molecular complexity index is 1190. The number of carbonyl (C=O) groups excluding carboxylic acids is 1. The fourth-order valence-electron chi connectivity index (χ4n) is 3.89. The van der Waals surface area contributed by atoms with E-state index in [1.165, 1.54) is 6.07 Å². The Morgan fingerprint density at radius 3 is 2.55 bits per heavy atom. The molecule has 3 aromatic rings. The Hall–Kier alpha value is -3.26. The summed E-state index contributed by atoms with van der Waals surface area (Å²) in [6, 6.07) is 10.7. The van der Waals surface area contributed by atoms with Crippen molar-refractivity contribution in [3.05, 3.63) is 58.1 Å². The van der Waals surface area contributed by atoms with Crippen LogP contribution < -0.4 is 4.74 Å². The summed E-state index contributed by atoms with van der Waals surface area (Å²) in [5.74, 6) is 0.754. The second-order valence-electron chi connectivity index (χ2n) is 8.89. The first kappa shape index (κ1) is 22.9. The van der Waals surface area contributed by atoms with Gasteiger partial charge in [0.2, 0.25) is 5.91 Å². The molecule has 2 heterocycles. The van der Waals surface area contributed by atoms with Gasteiger partial charge >= 0.3 is 5.97 Å². The molecule has 7 nitrogen and oxygen atoms in total. The molecule has 1 aliphatic heterocycles. The van der Waals surface area contributed by atoms with Crippen molar-refractivity contribution in [1.29, 1.82) is 0 Å². The van der Waals surface area contributed by atoms with E-state index >= 15 is 0 Å². The Kier molecular flexibility index (Phi) is 6.47. The fraction of sp³-hybridized carbons (Fsp3) is 0.360. The zero-order valence-corrected chi connectivity index (χ0v) is 20.0. The van der Waals surface area contributed by atoms with Crippen LogP contribution in [-0.4, -0.2) is 38.6 Å². The van der Waals surface area contributed by atoms with Gasteiger partial charge in [-0.15, -0.1) is 10.2 Å². The molecule has 0 aliphatic carbocycles. The van der Waals surface area contributed by atoms with Crippen LogP contribution in [0.15, 0.2) is 36.4 Å². The van der Waals surface area contributed by atoms with Crippen molar-refractivity contribution in [2.24, 2.45) is 5.92 Å². The van der Waals surface area contributed by atoms with Crippen molar-refractivity contribution in [1.82, 2.24) is 15.1 Å². The topological polar surface area (TPSA) is 92.6 Å². The van der Waals surface area contributed by atoms with Crippen LogP contribution in [0.2, 0.25) is 0 Å². The molecule has 0 spiro atoms. The molecule has 1 aromatic heterocycles. The number of benzene rings is 2. The Morgan fingerprint density at radius 1 is 1.24 bits per heavy atom. The van der Waals surface area contributed by atoms with Crippen LogP contribution in [0, 0.1) is 12.8 Å². The van der Waals surface area contributed by atoms with E-state index in [9.17, 15) is 14.7 Å². The second kappa shape index (κ2) is 9.31. The number of aromatic nitrogens is 2. The number of ether oxygens (including phenoxy) is 1. The quantitative estimate of drug-likeness (QED) is 0.496. The van der Waals surface area contributed by atoms with Gasteiger partial charge in [0.05, 0.1) is 5.56 Å². The molecule has 0 bridgehead atoms. The van der Waals surface area contributed by atoms with Gasteiger partial charge < -0.3 is 14.7 Å². The standard InChI is InChI=1S/C25H27N3O4S/c1-14(2)23-26-27-24(33-23)17-5-7-19(8-6-17)32-21-11-18(25(30)31)10-16(4)20(21)13-28-12-15(3)9-22(28)29/h5-8,10-11,14-15H,9,12-13H2,1-4H3,(H,30,31). The van der Waals surface area contributed by atoms with Crippen molar-refractivity contribution in [3.63, 3.8) is 0 Å². The van der Waals surface area contributed by atoms with E-state index in [1.807, 2.05) is 36.1 Å². The zero-order chi connectivity index (χ0) is 23.7. The molecule has 1 atom stereocenters. The Morgan fingerprint density at radius 2 is 1.97 bits per heavy atom. The third kappa shape index (κ3) is 5.06. The third-order valence-electron chi connectivity index (χ3n) is 5.70. The lowest BCUT2D eigenvalue weighted by Crippen LogP contribution is -2.25. The van der Waals surface area contributed by atoms with Crippen LogP contribution in [0.3, 0.4) is 0 Å². The van der Waals surface area contributed by atoms with Gasteiger partial charge in [0.25, 0.3) is 0 Å². The molecule has 0 radical (unpaired) electrons. The molecule has 1 fully saturated rings. The van der Waals surface area contributed by atoms with Crippen molar-refractivity contribution in [3.8, 4) is 22.1 Å². The number of aromatic carboxylic acids is 1. The molecular formula is C25H27N3O4S. The van der Waals surface area contributed by atoms with Crippen LogP contribution in [0.1, 0.15) is 59.6 Å². The number of amides is 1. The highest BCUT2D eigenvalue weighted by atomic mass is 32.1. The van der Waals surface area contributed by atoms with E-state index in [4.69, 9.17) is 4.74 Å². The van der Waals surface area contributed by atoms with E-state index in [0.29, 0.717) is 42.8 Å². The van der Waals surface area contributed by atoms with Gasteiger partial charge in [0.15, 0.2) is 0 Å². The molecule has 1 saturated heterocycles. The first-order valence-corrected chi connectivity index (χ1v) is 11.8. The molecule has 2 aromatic carbocycles. The normalized spacial score (nSPS) is 16.0. The summed E-state index contributed by atoms with van der Waals surface area (Å²) in [5.41, 5.74) is 2.69. The lowest BCUT2D eigenvalue weighted by molar-refractivity contribution is -0.128. The summed E-state index contributed by atoms with van der Waals surface area (Å²) in [6.45, 7) is 9.16. The third-order valence-corrected chi connectivity index (χ3v) is 6.97. The van der Waals surface area contributed by atoms with Crippen LogP contribution in [0.5, 0.6) is 11.5 Å². The molecule has 33 heavy (non-hydrogen) atoms. The van der Waals surface area contributed by atoms with Gasteiger partial charge in [-0.05, 0) is 54.8 Å². The summed E-state index contributed by atoms with van der Waals surface area (Å²) in [5, 5.41) is 19.9. The van der Waals surface area contributed by atoms with Crippen molar-refractivity contribution >= 4 is 23.2 Å². The van der Waals surface area contributed by atoms with Crippen LogP contribution >= 0.6 is 11.3 Å². The number of rotatable bonds is 7. The highest BCUT2D eigenvalue weighted by Crippen LogP contribution is 2.34. The van der Waals surface area contributed by atoms with Gasteiger partial charge in [-0.3, -0.25) is 4.79 Å². The van der Waals surface area contributed by atoms with Gasteiger partial charge in [0, 0.05) is 36.6 Å². The summed E-state index contributed by atoms with van der Waals surface area (Å²) in [4.78, 5) is 25.8. The summed E-state index contributed by atoms with van der Waals surface area (Å²) < 4.78 is 6.15. The number of nitrogens with zero attached hydrogens (tertiary/aromatic N) is 3. The summed E-state index contributed by atoms with van der Waals surface area (Å²) in [6.07, 6.45) is 0.536. The molecule has 0 saturated carbocycles. The lowest BCUT2D eigenvalue weighted by Gasteiger charge is -2.21. The lowest BCUT2D eigenvalue weighted by atomic mass is 10.0. The first-order chi connectivity index (χ1) is 15.7. The molecule has 1 unspecified atom stereocenters. The minimum absolute atomic E-state index is 0.109. The SMILES string of the molecule is Cc1cc(C(=O)O)cc(Oc2ccc(-c3nnc(C(C)C)s3)cc2)c1CN1CC(C)CC1=O. The Balaban J connectivity index is 1.61. The molecule has 1 N–H and O–H groups in total. The molecule has 1 amide bonds. The van der Waals surface area contributed by atoms with Gasteiger partial charge in [-0.1, -0.05) is 32.1 Å². The summed E-state index contributed by atoms with van der Waals surface area (Å²) in [7, 11) is 0. The van der Waals surface area contributed by atoms with Gasteiger partial charge in [-0.2, -0.15) is 0 Å². The van der Waals surface area contributed by atoms with E-state index in [2.05, 4.69) is 31.0 Å². The average Bonchev–Trinajstić information content (AvgIpc) is 3.37. The number of likely N-dealkylation sites (tertiary alicyclic amines) is 1. The number of carbonyl (C=O) groups is 2. The molecular weight excluding hydrogens is 438 g/mol. The zero-order valence-electron chi connectivity index (χ0n) is 19.2. The molecule has 1 aliphatic rings. The van der Waals surface area contributed by atoms with E-state index in [1.54, 1.807) is 17.4 Å². The molecule has 8 heteroatoms. The van der Waals surface area contributed by atoms with E-state index in [-0.39, 0.29) is 11.5 Å². The van der Waals surface area contributed by atoms with E-state index < -0.39 is 5.97 Å². The smallest absolute Gasteiger partial charge is 0.335 e. The number of carboxylic acid groups (broad SMARTS) is 1. The van der Waals surface area contributed by atoms with Crippen LogP contribution in [-0.2, 0) is 11.3 Å². The summed E-state index contributed by atoms with van der Waals surface area (Å²) >= 11 is 1.57. The molecule has 4 rings (SSSR count). The maximum absolute atomic E-state index is 12.3. The van der Waals surface area contributed by atoms with E-state index in [0.717, 1.165) is 26.7 Å². The van der Waals surface area contributed by atoms with Gasteiger partial charge in [-0.25, -0.2) is 4.79 Å². The highest BCUT2D eigenvalue weighted by Gasteiger charge is 2.28. The maximum Gasteiger partial charge on any atom is 0.335 e. The van der Waals surface area contributed by atoms with Crippen molar-refractivity contribution in [2.45, 2.75) is 46.6 Å². The monoisotopic (exact) mass is 465 g/mol. The predicted molar refractivity (Wildman–Crippen MR) is 127 cm³/mol. The average molecular weight is 466 g/mol. The number of aryl methyl sites for hydroxylation is 1. The molecule has 172 valence electrons. The largest absolute Gasteiger partial charge is 0.478 e. The van der Waals surface area contributed by atoms with Crippen molar-refractivity contribution in [2.75, 3.05) is 6.54 Å². The van der Waals surface area contributed by atoms with Crippen LogP contribution in [0.4, 0.5) is 0 Å². The number of hydrogen-bond donors (Lipinski definition) is 1. The number of hydrogen-bond acceptors (Lipinski definition) is 6. The predicted octanol–water partition coefficient (Wildman–Crippen LogP) is 5.50. The van der Waals surface area contributed by atoms with Crippen LogP contribution in [0.25, 0.3) is 10.6 Å².